The minimum absolute atomic E-state index is 0.103. The van der Waals surface area contributed by atoms with Crippen molar-refractivity contribution in [3.05, 3.63) is 70.8 Å². The molecule has 3 heteroatoms. The first-order valence-corrected chi connectivity index (χ1v) is 9.87. The highest BCUT2D eigenvalue weighted by molar-refractivity contribution is 5.94. The molecule has 0 aliphatic heterocycles. The van der Waals surface area contributed by atoms with Crippen LogP contribution in [0.15, 0.2) is 48.5 Å². The average Bonchev–Trinajstić information content (AvgIpc) is 2.65. The molecule has 0 heterocycles. The second kappa shape index (κ2) is 9.70. The van der Waals surface area contributed by atoms with Gasteiger partial charge in [0, 0.05) is 25.7 Å². The summed E-state index contributed by atoms with van der Waals surface area (Å²) >= 11 is 0. The van der Waals surface area contributed by atoms with Crippen LogP contribution in [-0.4, -0.2) is 43.4 Å². The maximum absolute atomic E-state index is 12.8. The van der Waals surface area contributed by atoms with Crippen LogP contribution in [0.5, 0.6) is 0 Å². The molecule has 0 N–H and O–H groups in total. The molecule has 0 aliphatic carbocycles. The largest absolute Gasteiger partial charge is 0.342 e. The highest BCUT2D eigenvalue weighted by atomic mass is 16.2. The Hall–Kier alpha value is -2.13. The van der Waals surface area contributed by atoms with Crippen molar-refractivity contribution in [2.75, 3.05) is 27.7 Å². The van der Waals surface area contributed by atoms with Crippen LogP contribution in [0, 0.1) is 0 Å². The quantitative estimate of drug-likeness (QED) is 0.646. The fourth-order valence-electron chi connectivity index (χ4n) is 3.27. The van der Waals surface area contributed by atoms with Crippen LogP contribution in [0.4, 0.5) is 0 Å². The number of carbonyl (C=O) groups is 1. The van der Waals surface area contributed by atoms with Crippen molar-refractivity contribution >= 4 is 5.91 Å². The van der Waals surface area contributed by atoms with Gasteiger partial charge < -0.3 is 9.80 Å². The SMILES string of the molecule is CC(C)c1cccc(C(=O)N(C)CC[C@H](C)c2cccc(CN(C)C)c2)c1. The lowest BCUT2D eigenvalue weighted by Crippen LogP contribution is -2.28. The van der Waals surface area contributed by atoms with Gasteiger partial charge in [-0.3, -0.25) is 4.79 Å². The van der Waals surface area contributed by atoms with Crippen LogP contribution < -0.4 is 0 Å². The Morgan fingerprint density at radius 2 is 1.59 bits per heavy atom. The van der Waals surface area contributed by atoms with Gasteiger partial charge in [-0.2, -0.15) is 0 Å². The number of nitrogens with zero attached hydrogens (tertiary/aromatic N) is 2. The van der Waals surface area contributed by atoms with Crippen molar-refractivity contribution in [1.29, 1.82) is 0 Å². The van der Waals surface area contributed by atoms with E-state index in [0.29, 0.717) is 11.8 Å². The highest BCUT2D eigenvalue weighted by Crippen LogP contribution is 2.22. The van der Waals surface area contributed by atoms with Gasteiger partial charge in [0.05, 0.1) is 0 Å². The molecule has 0 aromatic heterocycles. The Bertz CT molecular complexity index is 752. The zero-order valence-corrected chi connectivity index (χ0v) is 17.7. The molecule has 2 rings (SSSR count). The summed E-state index contributed by atoms with van der Waals surface area (Å²) in [6, 6.07) is 16.8. The van der Waals surface area contributed by atoms with Gasteiger partial charge >= 0.3 is 0 Å². The van der Waals surface area contributed by atoms with Crippen molar-refractivity contribution in [2.24, 2.45) is 0 Å². The predicted octanol–water partition coefficient (Wildman–Crippen LogP) is 5.14. The maximum Gasteiger partial charge on any atom is 0.253 e. The molecule has 0 unspecified atom stereocenters. The summed E-state index contributed by atoms with van der Waals surface area (Å²) in [6.45, 7) is 8.25. The predicted molar refractivity (Wildman–Crippen MR) is 114 cm³/mol. The molecule has 0 aliphatic rings. The molecule has 146 valence electrons. The first-order valence-electron chi connectivity index (χ1n) is 9.87. The first kappa shape index (κ1) is 21.2. The van der Waals surface area contributed by atoms with E-state index in [1.54, 1.807) is 0 Å². The standard InChI is InChI=1S/C24H34N2O/c1-18(2)21-10-8-12-23(16-21)24(27)26(6)14-13-19(3)22-11-7-9-20(15-22)17-25(4)5/h7-12,15-16,18-19H,13-14,17H2,1-6H3/t19-/m0/s1. The summed E-state index contributed by atoms with van der Waals surface area (Å²) in [5, 5.41) is 0. The van der Waals surface area contributed by atoms with E-state index in [1.165, 1.54) is 16.7 Å². The van der Waals surface area contributed by atoms with E-state index in [2.05, 4.69) is 70.1 Å². The van der Waals surface area contributed by atoms with Crippen LogP contribution in [-0.2, 0) is 6.54 Å². The van der Waals surface area contributed by atoms with Gasteiger partial charge in [0.2, 0.25) is 0 Å². The number of benzene rings is 2. The van der Waals surface area contributed by atoms with E-state index in [4.69, 9.17) is 0 Å². The van der Waals surface area contributed by atoms with Crippen LogP contribution in [0.1, 0.15) is 66.1 Å². The summed E-state index contributed by atoms with van der Waals surface area (Å²) in [7, 11) is 6.08. The molecule has 0 radical (unpaired) electrons. The van der Waals surface area contributed by atoms with Gasteiger partial charge in [0.25, 0.3) is 5.91 Å². The first-order chi connectivity index (χ1) is 12.8. The summed E-state index contributed by atoms with van der Waals surface area (Å²) in [5.74, 6) is 0.952. The van der Waals surface area contributed by atoms with E-state index in [-0.39, 0.29) is 5.91 Å². The van der Waals surface area contributed by atoms with E-state index < -0.39 is 0 Å². The van der Waals surface area contributed by atoms with Crippen LogP contribution in [0.3, 0.4) is 0 Å². The summed E-state index contributed by atoms with van der Waals surface area (Å²) in [4.78, 5) is 16.8. The lowest BCUT2D eigenvalue weighted by Gasteiger charge is -2.21. The van der Waals surface area contributed by atoms with Crippen LogP contribution in [0.2, 0.25) is 0 Å². The second-order valence-corrected chi connectivity index (χ2v) is 8.18. The van der Waals surface area contributed by atoms with Gasteiger partial charge in [-0.25, -0.2) is 0 Å². The fourth-order valence-corrected chi connectivity index (χ4v) is 3.27. The maximum atomic E-state index is 12.8. The Labute approximate surface area is 165 Å². The Kier molecular flexibility index (Phi) is 7.61. The van der Waals surface area contributed by atoms with E-state index in [0.717, 1.165) is 25.1 Å². The lowest BCUT2D eigenvalue weighted by atomic mass is 9.95. The van der Waals surface area contributed by atoms with E-state index in [1.807, 2.05) is 30.1 Å². The normalized spacial score (nSPS) is 12.4. The molecular weight excluding hydrogens is 332 g/mol. The molecule has 0 saturated carbocycles. The Morgan fingerprint density at radius 3 is 2.26 bits per heavy atom. The third kappa shape index (κ3) is 6.21. The third-order valence-electron chi connectivity index (χ3n) is 5.06. The zero-order chi connectivity index (χ0) is 20.0. The topological polar surface area (TPSA) is 23.6 Å². The molecule has 2 aromatic carbocycles. The van der Waals surface area contributed by atoms with Gasteiger partial charge in [-0.15, -0.1) is 0 Å². The molecule has 0 spiro atoms. The summed E-state index contributed by atoms with van der Waals surface area (Å²) < 4.78 is 0. The minimum Gasteiger partial charge on any atom is -0.342 e. The average molecular weight is 367 g/mol. The highest BCUT2D eigenvalue weighted by Gasteiger charge is 2.15. The van der Waals surface area contributed by atoms with Gasteiger partial charge in [-0.05, 0) is 61.2 Å². The van der Waals surface area contributed by atoms with Crippen LogP contribution >= 0.6 is 0 Å². The number of carbonyl (C=O) groups excluding carboxylic acids is 1. The summed E-state index contributed by atoms with van der Waals surface area (Å²) in [6.07, 6.45) is 0.956. The zero-order valence-electron chi connectivity index (χ0n) is 17.7. The van der Waals surface area contributed by atoms with E-state index >= 15 is 0 Å². The Morgan fingerprint density at radius 1 is 0.926 bits per heavy atom. The van der Waals surface area contributed by atoms with Crippen molar-refractivity contribution in [2.45, 2.75) is 45.6 Å². The van der Waals surface area contributed by atoms with Crippen molar-refractivity contribution in [3.63, 3.8) is 0 Å². The van der Waals surface area contributed by atoms with Crippen molar-refractivity contribution in [3.8, 4) is 0 Å². The van der Waals surface area contributed by atoms with Crippen LogP contribution in [0.25, 0.3) is 0 Å². The molecule has 0 saturated heterocycles. The number of hydrogen-bond donors (Lipinski definition) is 0. The van der Waals surface area contributed by atoms with Gasteiger partial charge in [0.1, 0.15) is 0 Å². The molecule has 3 nitrogen and oxygen atoms in total. The third-order valence-corrected chi connectivity index (χ3v) is 5.06. The number of hydrogen-bond acceptors (Lipinski definition) is 2. The molecule has 1 atom stereocenters. The molecule has 0 fully saturated rings. The van der Waals surface area contributed by atoms with Crippen molar-refractivity contribution in [1.82, 2.24) is 9.80 Å². The lowest BCUT2D eigenvalue weighted by molar-refractivity contribution is 0.0791. The molecular formula is C24H34N2O. The fraction of sp³-hybridized carbons (Fsp3) is 0.458. The second-order valence-electron chi connectivity index (χ2n) is 8.18. The van der Waals surface area contributed by atoms with Crippen molar-refractivity contribution < 1.29 is 4.79 Å². The Balaban J connectivity index is 1.97. The molecule has 0 bridgehead atoms. The summed E-state index contributed by atoms with van der Waals surface area (Å²) in [5.41, 5.74) is 4.67. The number of amides is 1. The molecule has 2 aromatic rings. The number of rotatable bonds is 8. The molecule has 27 heavy (non-hydrogen) atoms. The van der Waals surface area contributed by atoms with Gasteiger partial charge in [0.15, 0.2) is 0 Å². The molecule has 1 amide bonds. The minimum atomic E-state index is 0.103. The van der Waals surface area contributed by atoms with Gasteiger partial charge in [-0.1, -0.05) is 57.2 Å². The monoisotopic (exact) mass is 366 g/mol. The van der Waals surface area contributed by atoms with E-state index in [9.17, 15) is 4.79 Å². The smallest absolute Gasteiger partial charge is 0.253 e.